The van der Waals surface area contributed by atoms with Crippen molar-refractivity contribution < 1.29 is 9.53 Å². The highest BCUT2D eigenvalue weighted by Crippen LogP contribution is 2.33. The summed E-state index contributed by atoms with van der Waals surface area (Å²) >= 11 is 1.63. The quantitative estimate of drug-likeness (QED) is 0.781. The SMILES string of the molecule is CCOC(=O)C(C)(C)c1csc(N2CCC(C(C)C)C2)n1. The van der Waals surface area contributed by atoms with Crippen LogP contribution in [0.2, 0.25) is 0 Å². The lowest BCUT2D eigenvalue weighted by molar-refractivity contribution is -0.148. The fourth-order valence-electron chi connectivity index (χ4n) is 2.62. The number of ether oxygens (including phenoxy) is 1. The molecule has 118 valence electrons. The lowest BCUT2D eigenvalue weighted by Crippen LogP contribution is -2.31. The fraction of sp³-hybridized carbons (Fsp3) is 0.750. The molecule has 0 spiro atoms. The molecule has 0 aromatic carbocycles. The van der Waals surface area contributed by atoms with Crippen LogP contribution in [0.25, 0.3) is 0 Å². The Hall–Kier alpha value is -1.10. The highest BCUT2D eigenvalue weighted by Gasteiger charge is 2.35. The minimum Gasteiger partial charge on any atom is -0.465 e. The molecule has 2 rings (SSSR count). The molecule has 5 heteroatoms. The molecule has 2 heterocycles. The number of nitrogens with zero attached hydrogens (tertiary/aromatic N) is 2. The second-order valence-electron chi connectivity index (χ2n) is 6.60. The lowest BCUT2D eigenvalue weighted by atomic mass is 9.90. The van der Waals surface area contributed by atoms with E-state index < -0.39 is 5.41 Å². The van der Waals surface area contributed by atoms with Gasteiger partial charge in [0.25, 0.3) is 0 Å². The number of anilines is 1. The van der Waals surface area contributed by atoms with E-state index in [0.29, 0.717) is 12.5 Å². The molecule has 0 amide bonds. The average Bonchev–Trinajstić information content (AvgIpc) is 3.08. The van der Waals surface area contributed by atoms with Crippen LogP contribution in [0.3, 0.4) is 0 Å². The van der Waals surface area contributed by atoms with Gasteiger partial charge < -0.3 is 9.64 Å². The molecule has 1 aliphatic heterocycles. The van der Waals surface area contributed by atoms with E-state index in [-0.39, 0.29) is 5.97 Å². The second kappa shape index (κ2) is 6.34. The van der Waals surface area contributed by atoms with E-state index in [2.05, 4.69) is 18.7 Å². The minimum absolute atomic E-state index is 0.205. The van der Waals surface area contributed by atoms with Crippen LogP contribution in [0.1, 0.15) is 46.7 Å². The molecule has 0 bridgehead atoms. The number of esters is 1. The third kappa shape index (κ3) is 3.39. The number of hydrogen-bond donors (Lipinski definition) is 0. The van der Waals surface area contributed by atoms with Crippen molar-refractivity contribution in [2.75, 3.05) is 24.6 Å². The van der Waals surface area contributed by atoms with Crippen molar-refractivity contribution in [2.45, 2.75) is 46.5 Å². The number of thiazole rings is 1. The van der Waals surface area contributed by atoms with Gasteiger partial charge in [0, 0.05) is 18.5 Å². The summed E-state index contributed by atoms with van der Waals surface area (Å²) in [4.78, 5) is 19.1. The van der Waals surface area contributed by atoms with E-state index in [9.17, 15) is 4.79 Å². The highest BCUT2D eigenvalue weighted by molar-refractivity contribution is 7.13. The monoisotopic (exact) mass is 310 g/mol. The summed E-state index contributed by atoms with van der Waals surface area (Å²) in [6.07, 6.45) is 1.23. The van der Waals surface area contributed by atoms with Crippen molar-refractivity contribution in [3.63, 3.8) is 0 Å². The maximum atomic E-state index is 12.1. The molecule has 1 unspecified atom stereocenters. The van der Waals surface area contributed by atoms with Crippen molar-refractivity contribution in [3.8, 4) is 0 Å². The topological polar surface area (TPSA) is 42.4 Å². The first-order chi connectivity index (χ1) is 9.86. The van der Waals surface area contributed by atoms with Crippen LogP contribution >= 0.6 is 11.3 Å². The molecule has 1 aromatic rings. The number of rotatable bonds is 5. The van der Waals surface area contributed by atoms with E-state index in [1.165, 1.54) is 6.42 Å². The van der Waals surface area contributed by atoms with Crippen LogP contribution in [0, 0.1) is 11.8 Å². The van der Waals surface area contributed by atoms with E-state index in [1.54, 1.807) is 11.3 Å². The largest absolute Gasteiger partial charge is 0.465 e. The normalized spacial score (nSPS) is 19.3. The molecule has 1 fully saturated rings. The maximum absolute atomic E-state index is 12.1. The van der Waals surface area contributed by atoms with Gasteiger partial charge in [0.2, 0.25) is 0 Å². The van der Waals surface area contributed by atoms with Crippen molar-refractivity contribution in [1.82, 2.24) is 4.98 Å². The zero-order valence-corrected chi connectivity index (χ0v) is 14.5. The third-order valence-electron chi connectivity index (χ3n) is 4.36. The minimum atomic E-state index is -0.679. The summed E-state index contributed by atoms with van der Waals surface area (Å²) < 4.78 is 5.16. The first kappa shape index (κ1) is 16.3. The number of aromatic nitrogens is 1. The van der Waals surface area contributed by atoms with Crippen LogP contribution < -0.4 is 4.90 Å². The molecule has 0 radical (unpaired) electrons. The third-order valence-corrected chi connectivity index (χ3v) is 5.26. The van der Waals surface area contributed by atoms with Crippen LogP contribution in [-0.2, 0) is 14.9 Å². The van der Waals surface area contributed by atoms with E-state index in [1.807, 2.05) is 26.2 Å². The van der Waals surface area contributed by atoms with Gasteiger partial charge in [-0.2, -0.15) is 0 Å². The summed E-state index contributed by atoms with van der Waals surface area (Å²) in [6, 6.07) is 0. The Balaban J connectivity index is 2.10. The summed E-state index contributed by atoms with van der Waals surface area (Å²) in [5.41, 5.74) is 0.135. The maximum Gasteiger partial charge on any atom is 0.317 e. The van der Waals surface area contributed by atoms with Crippen molar-refractivity contribution >= 4 is 22.4 Å². The second-order valence-corrected chi connectivity index (χ2v) is 7.44. The Morgan fingerprint density at radius 1 is 1.57 bits per heavy atom. The summed E-state index contributed by atoms with van der Waals surface area (Å²) in [6.45, 7) is 12.7. The Morgan fingerprint density at radius 2 is 2.29 bits per heavy atom. The molecule has 1 saturated heterocycles. The van der Waals surface area contributed by atoms with Gasteiger partial charge in [0.15, 0.2) is 5.13 Å². The molecule has 4 nitrogen and oxygen atoms in total. The van der Waals surface area contributed by atoms with E-state index >= 15 is 0 Å². The van der Waals surface area contributed by atoms with Gasteiger partial charge in [0.05, 0.1) is 12.3 Å². The molecular weight excluding hydrogens is 284 g/mol. The van der Waals surface area contributed by atoms with Gasteiger partial charge in [0.1, 0.15) is 5.41 Å². The number of carbonyl (C=O) groups excluding carboxylic acids is 1. The van der Waals surface area contributed by atoms with Gasteiger partial charge in [-0.05, 0) is 39.0 Å². The van der Waals surface area contributed by atoms with Gasteiger partial charge in [-0.1, -0.05) is 13.8 Å². The van der Waals surface area contributed by atoms with Crippen LogP contribution in [0.5, 0.6) is 0 Å². The van der Waals surface area contributed by atoms with Crippen LogP contribution in [-0.4, -0.2) is 30.6 Å². The molecule has 1 aromatic heterocycles. The van der Waals surface area contributed by atoms with Gasteiger partial charge in [-0.25, -0.2) is 4.98 Å². The summed E-state index contributed by atoms with van der Waals surface area (Å²) in [5.74, 6) is 1.25. The van der Waals surface area contributed by atoms with Crippen LogP contribution in [0.15, 0.2) is 5.38 Å². The molecule has 21 heavy (non-hydrogen) atoms. The van der Waals surface area contributed by atoms with Crippen molar-refractivity contribution in [2.24, 2.45) is 11.8 Å². The van der Waals surface area contributed by atoms with Crippen LogP contribution in [0.4, 0.5) is 5.13 Å². The molecule has 0 N–H and O–H groups in total. The first-order valence-electron chi connectivity index (χ1n) is 7.74. The van der Waals surface area contributed by atoms with Crippen molar-refractivity contribution in [1.29, 1.82) is 0 Å². The predicted molar refractivity (Wildman–Crippen MR) is 86.9 cm³/mol. The molecule has 0 aliphatic carbocycles. The van der Waals surface area contributed by atoms with E-state index in [4.69, 9.17) is 9.72 Å². The van der Waals surface area contributed by atoms with Gasteiger partial charge >= 0.3 is 5.97 Å². The number of carbonyl (C=O) groups is 1. The van der Waals surface area contributed by atoms with Gasteiger partial charge in [-0.15, -0.1) is 11.3 Å². The van der Waals surface area contributed by atoms with Crippen molar-refractivity contribution in [3.05, 3.63) is 11.1 Å². The Bertz CT molecular complexity index is 496. The first-order valence-corrected chi connectivity index (χ1v) is 8.62. The molecule has 1 aliphatic rings. The molecule has 1 atom stereocenters. The fourth-order valence-corrected chi connectivity index (χ4v) is 3.65. The van der Waals surface area contributed by atoms with Gasteiger partial charge in [-0.3, -0.25) is 4.79 Å². The Labute approximate surface area is 131 Å². The smallest absolute Gasteiger partial charge is 0.317 e. The average molecular weight is 310 g/mol. The summed E-state index contributed by atoms with van der Waals surface area (Å²) in [5, 5.41) is 3.03. The highest BCUT2D eigenvalue weighted by atomic mass is 32.1. The predicted octanol–water partition coefficient (Wildman–Crippen LogP) is 3.47. The zero-order chi connectivity index (χ0) is 15.6. The Kier molecular flexibility index (Phi) is 4.91. The number of hydrogen-bond acceptors (Lipinski definition) is 5. The molecular formula is C16H26N2O2S. The Morgan fingerprint density at radius 3 is 2.86 bits per heavy atom. The lowest BCUT2D eigenvalue weighted by Gasteiger charge is -2.20. The van der Waals surface area contributed by atoms with E-state index in [0.717, 1.165) is 29.8 Å². The summed E-state index contributed by atoms with van der Waals surface area (Å²) in [7, 11) is 0. The standard InChI is InChI=1S/C16H26N2O2S/c1-6-20-14(19)16(4,5)13-10-21-15(17-13)18-8-7-12(9-18)11(2)3/h10-12H,6-9H2,1-5H3. The molecule has 0 saturated carbocycles. The zero-order valence-electron chi connectivity index (χ0n) is 13.7.